The topological polar surface area (TPSA) is 43.4 Å². The summed E-state index contributed by atoms with van der Waals surface area (Å²) in [5.41, 5.74) is -2.34. The number of hydrogen-bond donors (Lipinski definition) is 0. The molecule has 0 aromatic carbocycles. The Morgan fingerprint density at radius 2 is 1.45 bits per heavy atom. The summed E-state index contributed by atoms with van der Waals surface area (Å²) in [5, 5.41) is 1.07. The first kappa shape index (κ1) is 14.9. The van der Waals surface area contributed by atoms with Gasteiger partial charge in [0.2, 0.25) is 0 Å². The van der Waals surface area contributed by atoms with Gasteiger partial charge < -0.3 is 0 Å². The van der Waals surface area contributed by atoms with Gasteiger partial charge in [-0.25, -0.2) is 0 Å². The van der Waals surface area contributed by atoms with Crippen molar-refractivity contribution in [2.45, 2.75) is 47.7 Å². The molecule has 0 aromatic heterocycles. The molecular weight excluding hydrogens is 360 g/mol. The van der Waals surface area contributed by atoms with Crippen LogP contribution in [0.2, 0.25) is 16.5 Å². The van der Waals surface area contributed by atoms with Crippen molar-refractivity contribution in [2.75, 3.05) is 0 Å². The third-order valence-electron chi connectivity index (χ3n) is 4.35. The van der Waals surface area contributed by atoms with Gasteiger partial charge in [0.05, 0.1) is 0 Å². The van der Waals surface area contributed by atoms with Gasteiger partial charge in [0, 0.05) is 0 Å². The van der Waals surface area contributed by atoms with Gasteiger partial charge in [-0.1, -0.05) is 0 Å². The average Bonchev–Trinajstić information content (AvgIpc) is 2.69. The van der Waals surface area contributed by atoms with Crippen LogP contribution in [0.5, 0.6) is 0 Å². The predicted octanol–water partition coefficient (Wildman–Crippen LogP) is 3.56. The molecule has 0 N–H and O–H groups in total. The molecule has 4 rings (SSSR count). The maximum absolute atomic E-state index is 12.5. The number of allylic oxidation sites excluding steroid dienone is 2. The molecule has 0 amide bonds. The third kappa shape index (κ3) is 2.56. The van der Waals surface area contributed by atoms with Gasteiger partial charge in [-0.2, -0.15) is 0 Å². The second-order valence-corrected chi connectivity index (χ2v) is 15.0. The van der Waals surface area contributed by atoms with Gasteiger partial charge in [-0.05, 0) is 0 Å². The number of halogens is 3. The summed E-state index contributed by atoms with van der Waals surface area (Å²) in [5.74, 6) is 2.27. The molecule has 2 aliphatic heterocycles. The molecule has 0 aromatic rings. The second-order valence-electron chi connectivity index (χ2n) is 6.24. The quantitative estimate of drug-likeness (QED) is 0.420. The molecule has 8 heteroatoms. The summed E-state index contributed by atoms with van der Waals surface area (Å²) < 4.78 is 65.1. The number of hydrogen-bond acceptors (Lipinski definition) is 3. The van der Waals surface area contributed by atoms with Crippen molar-refractivity contribution in [3.8, 4) is 0 Å². The molecule has 0 atom stereocenters. The molecule has 0 saturated carbocycles. The Morgan fingerprint density at radius 1 is 1.05 bits per heavy atom. The molecule has 4 aliphatic rings. The summed E-state index contributed by atoms with van der Waals surface area (Å²) in [7, 11) is -5.45. The van der Waals surface area contributed by atoms with E-state index in [4.69, 9.17) is 3.27 Å². The Bertz CT molecular complexity index is 527. The number of alkyl halides is 3. The van der Waals surface area contributed by atoms with Crippen LogP contribution in [-0.2, 0) is 13.4 Å². The van der Waals surface area contributed by atoms with Gasteiger partial charge in [-0.15, -0.1) is 0 Å². The van der Waals surface area contributed by atoms with Crippen LogP contribution in [0.3, 0.4) is 0 Å². The fraction of sp³-hybridized carbons (Fsp3) is 0.833. The Morgan fingerprint density at radius 3 is 1.80 bits per heavy atom. The van der Waals surface area contributed by atoms with E-state index in [1.165, 1.54) is 11.1 Å². The normalized spacial score (nSPS) is 40.6. The second kappa shape index (κ2) is 4.48. The van der Waals surface area contributed by atoms with Crippen molar-refractivity contribution in [1.29, 1.82) is 0 Å². The van der Waals surface area contributed by atoms with Crippen LogP contribution < -0.4 is 0 Å². The van der Waals surface area contributed by atoms with Crippen LogP contribution in [0.25, 0.3) is 0 Å². The van der Waals surface area contributed by atoms with Crippen molar-refractivity contribution in [3.63, 3.8) is 0 Å². The third-order valence-corrected chi connectivity index (χ3v) is 13.6. The molecular formula is C12H17F3O3SSe. The summed E-state index contributed by atoms with van der Waals surface area (Å²) in [6.07, 6.45) is 3.75. The molecule has 2 fully saturated rings. The Balaban J connectivity index is 1.82. The van der Waals surface area contributed by atoms with Crippen molar-refractivity contribution in [1.82, 2.24) is 0 Å². The molecule has 2 aliphatic carbocycles. The van der Waals surface area contributed by atoms with E-state index >= 15 is 0 Å². The summed E-state index contributed by atoms with van der Waals surface area (Å²) in [6.45, 7) is 0. The van der Waals surface area contributed by atoms with Crippen LogP contribution in [-0.4, -0.2) is 27.1 Å². The zero-order chi connectivity index (χ0) is 14.8. The van der Waals surface area contributed by atoms with E-state index in [1.54, 1.807) is 5.82 Å². The SMILES string of the molecule is C[Se]1(OS(=O)(=O)C(F)(F)F)CC2CC3=C(C2)CC(C3)C1. The van der Waals surface area contributed by atoms with E-state index in [2.05, 4.69) is 0 Å². The zero-order valence-electron chi connectivity index (χ0n) is 11.1. The van der Waals surface area contributed by atoms with Crippen molar-refractivity contribution in [2.24, 2.45) is 11.8 Å². The summed E-state index contributed by atoms with van der Waals surface area (Å²) in [4.78, 5) is 0. The van der Waals surface area contributed by atoms with Crippen LogP contribution in [0, 0.1) is 11.8 Å². The number of fused-ring (bicyclic) bond motifs is 2. The molecule has 2 heterocycles. The van der Waals surface area contributed by atoms with Gasteiger partial charge in [-0.3, -0.25) is 0 Å². The molecule has 4 bridgehead atoms. The van der Waals surface area contributed by atoms with E-state index in [0.717, 1.165) is 25.7 Å². The summed E-state index contributed by atoms with van der Waals surface area (Å²) >= 11 is -3.09. The van der Waals surface area contributed by atoms with E-state index in [1.807, 2.05) is 0 Å². The molecule has 116 valence electrons. The van der Waals surface area contributed by atoms with Crippen LogP contribution in [0.1, 0.15) is 25.7 Å². The fourth-order valence-electron chi connectivity index (χ4n) is 3.89. The van der Waals surface area contributed by atoms with Gasteiger partial charge >= 0.3 is 119 Å². The van der Waals surface area contributed by atoms with Crippen molar-refractivity contribution < 1.29 is 24.9 Å². The molecule has 0 radical (unpaired) electrons. The first-order valence-electron chi connectivity index (χ1n) is 6.54. The van der Waals surface area contributed by atoms with Gasteiger partial charge in [0.1, 0.15) is 0 Å². The minimum absolute atomic E-state index is 0.301. The standard InChI is InChI=1S/C12H17F3O3SSe/c1-20(18-19(16,17)12(13,14)15)6-8-2-10-4-9(7-20)5-11(10)3-8/h8-9H,2-7H2,1H3. The summed E-state index contributed by atoms with van der Waals surface area (Å²) in [6, 6.07) is 0. The maximum atomic E-state index is 12.5. The van der Waals surface area contributed by atoms with Gasteiger partial charge in [0.15, 0.2) is 0 Å². The molecule has 2 saturated heterocycles. The van der Waals surface area contributed by atoms with E-state index < -0.39 is 28.8 Å². The molecule has 20 heavy (non-hydrogen) atoms. The van der Waals surface area contributed by atoms with E-state index in [9.17, 15) is 21.6 Å². The van der Waals surface area contributed by atoms with Crippen molar-refractivity contribution in [3.05, 3.63) is 11.1 Å². The Hall–Kier alpha value is -0.0405. The molecule has 0 spiro atoms. The van der Waals surface area contributed by atoms with E-state index in [0.29, 0.717) is 22.5 Å². The minimum atomic E-state index is -5.45. The molecule has 0 unspecified atom stereocenters. The molecule has 3 nitrogen and oxygen atoms in total. The van der Waals surface area contributed by atoms with Crippen molar-refractivity contribution >= 4 is 23.3 Å². The van der Waals surface area contributed by atoms with Gasteiger partial charge in [0.25, 0.3) is 0 Å². The van der Waals surface area contributed by atoms with Crippen LogP contribution in [0.15, 0.2) is 11.1 Å². The predicted molar refractivity (Wildman–Crippen MR) is 69.8 cm³/mol. The van der Waals surface area contributed by atoms with Crippen LogP contribution in [0.4, 0.5) is 13.2 Å². The number of rotatable bonds is 2. The fourth-order valence-corrected chi connectivity index (χ4v) is 13.9. The average molecular weight is 377 g/mol. The monoisotopic (exact) mass is 378 g/mol. The van der Waals surface area contributed by atoms with E-state index in [-0.39, 0.29) is 0 Å². The zero-order valence-corrected chi connectivity index (χ0v) is 13.6. The first-order valence-corrected chi connectivity index (χ1v) is 12.8. The van der Waals surface area contributed by atoms with Crippen LogP contribution >= 0.6 is 0 Å². The first-order chi connectivity index (χ1) is 9.08. The Labute approximate surface area is 119 Å². The Kier molecular flexibility index (Phi) is 3.33.